The highest BCUT2D eigenvalue weighted by molar-refractivity contribution is 6.17. The van der Waals surface area contributed by atoms with Crippen molar-refractivity contribution in [2.45, 2.75) is 0 Å². The molecule has 5 rings (SSSR count). The van der Waals surface area contributed by atoms with E-state index in [2.05, 4.69) is 65.7 Å². The lowest BCUT2D eigenvalue weighted by Gasteiger charge is -2.08. The third-order valence-corrected chi connectivity index (χ3v) is 5.02. The van der Waals surface area contributed by atoms with E-state index in [1.165, 1.54) is 26.9 Å². The number of aromatic hydroxyl groups is 1. The molecule has 2 nitrogen and oxygen atoms in total. The van der Waals surface area contributed by atoms with E-state index in [1.54, 1.807) is 18.3 Å². The van der Waals surface area contributed by atoms with E-state index in [-0.39, 0.29) is 5.75 Å². The number of benzene rings is 5. The number of nitrogens with zero attached hydrogens (tertiary/aromatic N) is 1. The molecule has 0 aromatic heterocycles. The van der Waals surface area contributed by atoms with Gasteiger partial charge < -0.3 is 5.11 Å². The van der Waals surface area contributed by atoms with Crippen LogP contribution >= 0.6 is 0 Å². The van der Waals surface area contributed by atoms with E-state index in [1.807, 2.05) is 18.2 Å². The van der Waals surface area contributed by atoms with Gasteiger partial charge in [0.25, 0.3) is 0 Å². The maximum atomic E-state index is 9.87. The molecule has 0 radical (unpaired) electrons. The second-order valence-electron chi connectivity index (χ2n) is 6.67. The predicted octanol–water partition coefficient (Wildman–Crippen LogP) is 6.60. The third-order valence-electron chi connectivity index (χ3n) is 5.02. The fourth-order valence-electron chi connectivity index (χ4n) is 3.64. The molecule has 0 atom stereocenters. The molecule has 128 valence electrons. The normalized spacial score (nSPS) is 11.7. The van der Waals surface area contributed by atoms with Gasteiger partial charge in [-0.25, -0.2) is 0 Å². The van der Waals surface area contributed by atoms with Gasteiger partial charge in [0.1, 0.15) is 5.75 Å². The monoisotopic (exact) mass is 347 g/mol. The van der Waals surface area contributed by atoms with Crippen LogP contribution in [0, 0.1) is 0 Å². The summed E-state index contributed by atoms with van der Waals surface area (Å²) in [6, 6.07) is 30.6. The fraction of sp³-hybridized carbons (Fsp3) is 0. The van der Waals surface area contributed by atoms with Crippen molar-refractivity contribution in [3.05, 3.63) is 96.6 Å². The van der Waals surface area contributed by atoms with Gasteiger partial charge in [-0.3, -0.25) is 4.99 Å². The van der Waals surface area contributed by atoms with Gasteiger partial charge in [-0.05, 0) is 56.6 Å². The Morgan fingerprint density at radius 2 is 1.26 bits per heavy atom. The van der Waals surface area contributed by atoms with E-state index >= 15 is 0 Å². The Balaban J connectivity index is 1.63. The number of aliphatic imine (C=N–C) groups is 1. The average molecular weight is 347 g/mol. The molecule has 0 heterocycles. The summed E-state index contributed by atoms with van der Waals surface area (Å²) in [5.74, 6) is 0.236. The van der Waals surface area contributed by atoms with E-state index in [9.17, 15) is 5.11 Å². The lowest BCUT2D eigenvalue weighted by molar-refractivity contribution is 0.474. The van der Waals surface area contributed by atoms with Gasteiger partial charge >= 0.3 is 0 Å². The first-order chi connectivity index (χ1) is 13.3. The Morgan fingerprint density at radius 1 is 0.593 bits per heavy atom. The second-order valence-corrected chi connectivity index (χ2v) is 6.67. The van der Waals surface area contributed by atoms with Gasteiger partial charge in [0.05, 0.1) is 5.69 Å². The molecular formula is C25H17NO. The van der Waals surface area contributed by atoms with Crippen LogP contribution in [0.4, 0.5) is 5.69 Å². The lowest BCUT2D eigenvalue weighted by atomic mass is 9.97. The van der Waals surface area contributed by atoms with Gasteiger partial charge in [0.15, 0.2) is 0 Å². The van der Waals surface area contributed by atoms with Crippen LogP contribution in [0.3, 0.4) is 0 Å². The Hall–Kier alpha value is -3.65. The highest BCUT2D eigenvalue weighted by Gasteiger charge is 2.05. The summed E-state index contributed by atoms with van der Waals surface area (Å²) in [5.41, 5.74) is 1.58. The second kappa shape index (κ2) is 6.26. The molecule has 2 heteroatoms. The van der Waals surface area contributed by atoms with Crippen molar-refractivity contribution in [3.8, 4) is 5.75 Å². The molecular weight excluding hydrogens is 330 g/mol. The Labute approximate surface area is 157 Å². The minimum atomic E-state index is 0.236. The van der Waals surface area contributed by atoms with Crippen molar-refractivity contribution >= 4 is 44.2 Å². The number of phenols is 1. The summed E-state index contributed by atoms with van der Waals surface area (Å²) in [6.07, 6.45) is 1.70. The topological polar surface area (TPSA) is 32.6 Å². The van der Waals surface area contributed by atoms with Crippen molar-refractivity contribution in [2.24, 2.45) is 4.99 Å². The third kappa shape index (κ3) is 2.72. The van der Waals surface area contributed by atoms with Gasteiger partial charge in [-0.15, -0.1) is 0 Å². The molecule has 5 aromatic carbocycles. The van der Waals surface area contributed by atoms with Crippen LogP contribution in [0.15, 0.2) is 96.0 Å². The van der Waals surface area contributed by atoms with E-state index in [0.717, 1.165) is 11.1 Å². The van der Waals surface area contributed by atoms with Crippen LogP contribution in [0.1, 0.15) is 5.56 Å². The molecule has 1 N–H and O–H groups in total. The molecule has 0 spiro atoms. The highest BCUT2D eigenvalue weighted by Crippen LogP contribution is 2.32. The van der Waals surface area contributed by atoms with E-state index < -0.39 is 0 Å². The molecule has 0 bridgehead atoms. The van der Waals surface area contributed by atoms with Crippen LogP contribution in [0.5, 0.6) is 5.75 Å². The van der Waals surface area contributed by atoms with Crippen LogP contribution in [0.25, 0.3) is 32.3 Å². The van der Waals surface area contributed by atoms with Crippen molar-refractivity contribution in [1.29, 1.82) is 0 Å². The van der Waals surface area contributed by atoms with Crippen LogP contribution in [0.2, 0.25) is 0 Å². The first-order valence-electron chi connectivity index (χ1n) is 8.96. The van der Waals surface area contributed by atoms with Gasteiger partial charge in [0, 0.05) is 11.8 Å². The zero-order valence-corrected chi connectivity index (χ0v) is 14.6. The summed E-state index contributed by atoms with van der Waals surface area (Å²) in [5, 5.41) is 17.3. The number of fused-ring (bicyclic) bond motifs is 5. The van der Waals surface area contributed by atoms with E-state index in [0.29, 0.717) is 5.56 Å². The molecule has 0 aliphatic rings. The summed E-state index contributed by atoms with van der Waals surface area (Å²) in [7, 11) is 0. The standard InChI is InChI=1S/C25H17NO/c27-25-8-4-2-6-19(25)16-26-20-11-14-22-18(15-20)10-13-23-21-7-3-1-5-17(21)9-12-24(22)23/h1-16,27H. The van der Waals surface area contributed by atoms with Crippen LogP contribution < -0.4 is 0 Å². The number of hydrogen-bond acceptors (Lipinski definition) is 2. The first kappa shape index (κ1) is 15.6. The summed E-state index contributed by atoms with van der Waals surface area (Å²) in [4.78, 5) is 4.53. The average Bonchev–Trinajstić information content (AvgIpc) is 2.72. The van der Waals surface area contributed by atoms with Gasteiger partial charge in [0.2, 0.25) is 0 Å². The Kier molecular flexibility index (Phi) is 3.61. The highest BCUT2D eigenvalue weighted by atomic mass is 16.3. The lowest BCUT2D eigenvalue weighted by Crippen LogP contribution is -1.82. The maximum absolute atomic E-state index is 9.87. The summed E-state index contributed by atoms with van der Waals surface area (Å²) >= 11 is 0. The minimum absolute atomic E-state index is 0.236. The van der Waals surface area contributed by atoms with Crippen molar-refractivity contribution in [2.75, 3.05) is 0 Å². The molecule has 27 heavy (non-hydrogen) atoms. The summed E-state index contributed by atoms with van der Waals surface area (Å²) < 4.78 is 0. The molecule has 0 fully saturated rings. The van der Waals surface area contributed by atoms with Crippen LogP contribution in [-0.2, 0) is 0 Å². The molecule has 0 saturated heterocycles. The SMILES string of the molecule is Oc1ccccc1C=Nc1ccc2c(ccc3c4ccccc4ccc23)c1. The Morgan fingerprint density at radius 3 is 2.11 bits per heavy atom. The van der Waals surface area contributed by atoms with Crippen molar-refractivity contribution < 1.29 is 5.11 Å². The molecule has 0 aliphatic carbocycles. The minimum Gasteiger partial charge on any atom is -0.507 e. The largest absolute Gasteiger partial charge is 0.507 e. The first-order valence-corrected chi connectivity index (χ1v) is 8.96. The number of hydrogen-bond donors (Lipinski definition) is 1. The number of rotatable bonds is 2. The smallest absolute Gasteiger partial charge is 0.124 e. The molecule has 0 aliphatic heterocycles. The predicted molar refractivity (Wildman–Crippen MR) is 114 cm³/mol. The molecule has 5 aromatic rings. The molecule has 0 saturated carbocycles. The van der Waals surface area contributed by atoms with Gasteiger partial charge in [-0.2, -0.15) is 0 Å². The summed E-state index contributed by atoms with van der Waals surface area (Å²) in [6.45, 7) is 0. The number of phenolic OH excluding ortho intramolecular Hbond substituents is 1. The zero-order chi connectivity index (χ0) is 18.2. The molecule has 0 unspecified atom stereocenters. The number of para-hydroxylation sites is 1. The Bertz CT molecular complexity index is 1330. The zero-order valence-electron chi connectivity index (χ0n) is 14.6. The van der Waals surface area contributed by atoms with Crippen LogP contribution in [-0.4, -0.2) is 11.3 Å². The quantitative estimate of drug-likeness (QED) is 0.283. The van der Waals surface area contributed by atoms with E-state index in [4.69, 9.17) is 0 Å². The molecule has 0 amide bonds. The van der Waals surface area contributed by atoms with Crippen molar-refractivity contribution in [1.82, 2.24) is 0 Å². The fourth-order valence-corrected chi connectivity index (χ4v) is 3.64. The van der Waals surface area contributed by atoms with Crippen molar-refractivity contribution in [3.63, 3.8) is 0 Å². The van der Waals surface area contributed by atoms with Gasteiger partial charge in [-0.1, -0.05) is 66.7 Å². The maximum Gasteiger partial charge on any atom is 0.124 e.